The average molecular weight is 228 g/mol. The molecule has 0 saturated carbocycles. The molecule has 7 heteroatoms. The van der Waals surface area contributed by atoms with Gasteiger partial charge in [-0.25, -0.2) is 0 Å². The van der Waals surface area contributed by atoms with Gasteiger partial charge in [0.1, 0.15) is 6.10 Å². The van der Waals surface area contributed by atoms with Crippen molar-refractivity contribution < 1.29 is 24.2 Å². The summed E-state index contributed by atoms with van der Waals surface area (Å²) in [5.41, 5.74) is -0.756. The number of carbonyl (C=O) groups is 3. The maximum Gasteiger partial charge on any atom is 0.405 e. The third kappa shape index (κ3) is 5.38. The van der Waals surface area contributed by atoms with Gasteiger partial charge in [-0.3, -0.25) is 14.4 Å². The van der Waals surface area contributed by atoms with Crippen LogP contribution < -0.4 is 5.32 Å². The van der Waals surface area contributed by atoms with Crippen LogP contribution in [0.3, 0.4) is 0 Å². The van der Waals surface area contributed by atoms with Crippen LogP contribution in [0.2, 0.25) is 0 Å². The highest BCUT2D eigenvalue weighted by Gasteiger charge is 2.30. The minimum Gasteiger partial charge on any atom is -0.489 e. The molecule has 16 heavy (non-hydrogen) atoms. The standard InChI is InChI=1S/C9H15BNO5/c1-5(9(3,4)11-6(2)12)16-8(15)10-7(13)14/h5H,1-4H3,(H,11,12)(H,13,14). The second-order valence-electron chi connectivity index (χ2n) is 3.96. The zero-order valence-electron chi connectivity index (χ0n) is 9.73. The predicted molar refractivity (Wildman–Crippen MR) is 57.6 cm³/mol. The van der Waals surface area contributed by atoms with E-state index in [4.69, 9.17) is 9.84 Å². The fourth-order valence-electron chi connectivity index (χ4n) is 1.01. The predicted octanol–water partition coefficient (Wildman–Crippen LogP) is 0.808. The van der Waals surface area contributed by atoms with Crippen LogP contribution in [0.5, 0.6) is 0 Å². The molecular formula is C9H15BNO5. The summed E-state index contributed by atoms with van der Waals surface area (Å²) in [5, 5.41) is 10.9. The van der Waals surface area contributed by atoms with E-state index in [-0.39, 0.29) is 5.91 Å². The minimum absolute atomic E-state index is 0.255. The summed E-state index contributed by atoms with van der Waals surface area (Å²) < 4.78 is 4.84. The summed E-state index contributed by atoms with van der Waals surface area (Å²) in [6.07, 6.45) is -0.639. The fourth-order valence-corrected chi connectivity index (χ4v) is 1.01. The molecule has 0 aliphatic carbocycles. The monoisotopic (exact) mass is 228 g/mol. The van der Waals surface area contributed by atoms with E-state index in [2.05, 4.69) is 5.32 Å². The van der Waals surface area contributed by atoms with Gasteiger partial charge >= 0.3 is 7.28 Å². The van der Waals surface area contributed by atoms with Gasteiger partial charge in [-0.2, -0.15) is 0 Å². The largest absolute Gasteiger partial charge is 0.489 e. The Balaban J connectivity index is 4.33. The van der Waals surface area contributed by atoms with Crippen LogP contribution in [-0.4, -0.2) is 41.7 Å². The van der Waals surface area contributed by atoms with Crippen LogP contribution in [0.4, 0.5) is 9.59 Å². The fraction of sp³-hybridized carbons (Fsp3) is 0.667. The Kier molecular flexibility index (Phi) is 5.00. The van der Waals surface area contributed by atoms with Gasteiger partial charge < -0.3 is 15.2 Å². The number of hydrogen-bond acceptors (Lipinski definition) is 4. The maximum absolute atomic E-state index is 11.0. The van der Waals surface area contributed by atoms with Gasteiger partial charge in [0.2, 0.25) is 5.91 Å². The average Bonchev–Trinajstić information content (AvgIpc) is 1.98. The Bertz CT molecular complexity index is 302. The molecule has 0 rings (SSSR count). The van der Waals surface area contributed by atoms with Crippen molar-refractivity contribution in [2.75, 3.05) is 0 Å². The number of amides is 1. The van der Waals surface area contributed by atoms with Crippen molar-refractivity contribution >= 4 is 24.9 Å². The quantitative estimate of drug-likeness (QED) is 0.679. The van der Waals surface area contributed by atoms with E-state index in [1.807, 2.05) is 0 Å². The second-order valence-corrected chi connectivity index (χ2v) is 3.96. The summed E-state index contributed by atoms with van der Waals surface area (Å²) in [5.74, 6) is -2.57. The molecule has 0 aromatic carbocycles. The van der Waals surface area contributed by atoms with Crippen LogP contribution in [0.1, 0.15) is 27.7 Å². The van der Waals surface area contributed by atoms with E-state index in [0.29, 0.717) is 7.28 Å². The van der Waals surface area contributed by atoms with E-state index in [9.17, 15) is 14.4 Å². The Morgan fingerprint density at radius 1 is 1.38 bits per heavy atom. The molecule has 1 unspecified atom stereocenters. The van der Waals surface area contributed by atoms with Crippen molar-refractivity contribution in [1.82, 2.24) is 5.32 Å². The van der Waals surface area contributed by atoms with Crippen molar-refractivity contribution in [1.29, 1.82) is 0 Å². The summed E-state index contributed by atoms with van der Waals surface area (Å²) >= 11 is 0. The van der Waals surface area contributed by atoms with Gasteiger partial charge in [-0.15, -0.1) is 0 Å². The van der Waals surface area contributed by atoms with Crippen molar-refractivity contribution in [2.24, 2.45) is 0 Å². The number of carbonyl (C=O) groups excluding carboxylic acids is 2. The van der Waals surface area contributed by atoms with Crippen LogP contribution >= 0.6 is 0 Å². The molecule has 6 nitrogen and oxygen atoms in total. The molecule has 0 heterocycles. The molecule has 1 atom stereocenters. The molecule has 0 spiro atoms. The summed E-state index contributed by atoms with van der Waals surface area (Å²) in [4.78, 5) is 32.1. The van der Waals surface area contributed by atoms with Gasteiger partial charge in [-0.05, 0) is 20.8 Å². The minimum atomic E-state index is -1.37. The third-order valence-electron chi connectivity index (χ3n) is 2.05. The maximum atomic E-state index is 11.0. The zero-order valence-corrected chi connectivity index (χ0v) is 9.73. The molecule has 1 amide bonds. The van der Waals surface area contributed by atoms with E-state index in [1.165, 1.54) is 6.92 Å². The molecule has 0 fully saturated rings. The van der Waals surface area contributed by atoms with E-state index in [1.54, 1.807) is 20.8 Å². The van der Waals surface area contributed by atoms with Crippen LogP contribution in [0, 0.1) is 0 Å². The first-order chi connectivity index (χ1) is 7.15. The number of hydrogen-bond donors (Lipinski definition) is 2. The highest BCUT2D eigenvalue weighted by atomic mass is 16.5. The number of nitrogens with one attached hydrogen (secondary N) is 1. The summed E-state index contributed by atoms with van der Waals surface area (Å²) in [6, 6.07) is 0. The van der Waals surface area contributed by atoms with E-state index < -0.39 is 23.4 Å². The molecule has 1 radical (unpaired) electrons. The first-order valence-corrected chi connectivity index (χ1v) is 4.72. The lowest BCUT2D eigenvalue weighted by Crippen LogP contribution is -2.52. The highest BCUT2D eigenvalue weighted by molar-refractivity contribution is 6.94. The van der Waals surface area contributed by atoms with Gasteiger partial charge in [-0.1, -0.05) is 0 Å². The summed E-state index contributed by atoms with van der Waals surface area (Å²) in [6.45, 7) is 6.27. The van der Waals surface area contributed by atoms with E-state index in [0.717, 1.165) is 0 Å². The number of carboxylic acid groups (broad SMARTS) is 1. The Morgan fingerprint density at radius 3 is 2.25 bits per heavy atom. The van der Waals surface area contributed by atoms with E-state index >= 15 is 0 Å². The van der Waals surface area contributed by atoms with Gasteiger partial charge in [0.05, 0.1) is 5.54 Å². The SMILES string of the molecule is CC(=O)NC(C)(C)C(C)OC(=O)[B]C(=O)O. The molecule has 0 aromatic rings. The molecule has 2 N–H and O–H groups in total. The van der Waals surface area contributed by atoms with Crippen LogP contribution in [0.25, 0.3) is 0 Å². The van der Waals surface area contributed by atoms with Crippen molar-refractivity contribution in [2.45, 2.75) is 39.3 Å². The van der Waals surface area contributed by atoms with Crippen molar-refractivity contribution in [3.05, 3.63) is 0 Å². The first kappa shape index (κ1) is 14.5. The first-order valence-electron chi connectivity index (χ1n) is 4.72. The van der Waals surface area contributed by atoms with Crippen LogP contribution in [0.15, 0.2) is 0 Å². The van der Waals surface area contributed by atoms with Crippen molar-refractivity contribution in [3.63, 3.8) is 0 Å². The molecule has 0 saturated heterocycles. The number of rotatable bonds is 5. The Labute approximate surface area is 94.6 Å². The van der Waals surface area contributed by atoms with Crippen LogP contribution in [-0.2, 0) is 9.53 Å². The molecule has 0 aromatic heterocycles. The Morgan fingerprint density at radius 2 is 1.88 bits per heavy atom. The van der Waals surface area contributed by atoms with Gasteiger partial charge in [0.25, 0.3) is 11.7 Å². The zero-order chi connectivity index (χ0) is 12.9. The van der Waals surface area contributed by atoms with Crippen molar-refractivity contribution in [3.8, 4) is 0 Å². The molecular weight excluding hydrogens is 213 g/mol. The summed E-state index contributed by atoms with van der Waals surface area (Å²) in [7, 11) is 0.431. The number of ether oxygens (including phenoxy) is 1. The second kappa shape index (κ2) is 5.53. The van der Waals surface area contributed by atoms with Gasteiger partial charge in [0.15, 0.2) is 0 Å². The molecule has 89 valence electrons. The topological polar surface area (TPSA) is 92.7 Å². The lowest BCUT2D eigenvalue weighted by Gasteiger charge is -2.31. The highest BCUT2D eigenvalue weighted by Crippen LogP contribution is 2.12. The third-order valence-corrected chi connectivity index (χ3v) is 2.05. The normalized spacial score (nSPS) is 12.5. The molecule has 0 aliphatic heterocycles. The lowest BCUT2D eigenvalue weighted by molar-refractivity contribution is -0.121. The lowest BCUT2D eigenvalue weighted by atomic mass is 9.79. The van der Waals surface area contributed by atoms with Gasteiger partial charge in [0, 0.05) is 6.92 Å². The Hall–Kier alpha value is -1.53. The molecule has 0 aliphatic rings. The molecule has 0 bridgehead atoms. The smallest absolute Gasteiger partial charge is 0.405 e.